The molecule has 1 rings (SSSR count). The number of pyridine rings is 1. The van der Waals surface area contributed by atoms with Gasteiger partial charge in [-0.05, 0) is 26.1 Å². The minimum Gasteiger partial charge on any atom is -0.308 e. The first-order chi connectivity index (χ1) is 6.16. The Morgan fingerprint density at radius 2 is 2.38 bits per heavy atom. The van der Waals surface area contributed by atoms with E-state index in [1.54, 1.807) is 19.3 Å². The summed E-state index contributed by atoms with van der Waals surface area (Å²) in [6, 6.07) is 2.76. The molecule has 2 nitrogen and oxygen atoms in total. The summed E-state index contributed by atoms with van der Waals surface area (Å²) in [4.78, 5) is 3.97. The van der Waals surface area contributed by atoms with Gasteiger partial charge < -0.3 is 5.32 Å². The number of nitrogens with zero attached hydrogens (tertiary/aromatic N) is 1. The van der Waals surface area contributed by atoms with E-state index in [-0.39, 0.29) is 11.9 Å². The Bertz CT molecular complexity index is 310. The van der Waals surface area contributed by atoms with E-state index in [1.165, 1.54) is 6.07 Å². The summed E-state index contributed by atoms with van der Waals surface area (Å²) in [5.74, 6) is -0.301. The van der Waals surface area contributed by atoms with Crippen LogP contribution in [0.15, 0.2) is 30.5 Å². The second kappa shape index (κ2) is 4.14. The van der Waals surface area contributed by atoms with Crippen molar-refractivity contribution in [3.8, 4) is 0 Å². The fourth-order valence-electron chi connectivity index (χ4n) is 1.23. The van der Waals surface area contributed by atoms with Crippen LogP contribution in [0.25, 0.3) is 0 Å². The number of likely N-dealkylation sites (N-methyl/N-ethyl adjacent to an activating group) is 1. The van der Waals surface area contributed by atoms with Gasteiger partial charge >= 0.3 is 0 Å². The molecule has 13 heavy (non-hydrogen) atoms. The first kappa shape index (κ1) is 9.86. The number of hydrogen-bond acceptors (Lipinski definition) is 2. The number of halogens is 1. The van der Waals surface area contributed by atoms with Crippen LogP contribution in [-0.2, 0) is 0 Å². The molecule has 0 saturated carbocycles. The summed E-state index contributed by atoms with van der Waals surface area (Å²) in [5, 5.41) is 2.96. The smallest absolute Gasteiger partial charge is 0.146 e. The molecule has 1 heterocycles. The first-order valence-electron chi connectivity index (χ1n) is 4.10. The van der Waals surface area contributed by atoms with E-state index in [4.69, 9.17) is 0 Å². The minimum atomic E-state index is -0.301. The Hall–Kier alpha value is -1.22. The van der Waals surface area contributed by atoms with Gasteiger partial charge in [0.05, 0.1) is 11.7 Å². The lowest BCUT2D eigenvalue weighted by molar-refractivity contribution is 0.556. The third-order valence-electron chi connectivity index (χ3n) is 1.84. The second-order valence-electron chi connectivity index (χ2n) is 2.94. The molecule has 3 heteroatoms. The van der Waals surface area contributed by atoms with Crippen LogP contribution < -0.4 is 5.32 Å². The van der Waals surface area contributed by atoms with E-state index in [0.29, 0.717) is 5.69 Å². The molecule has 0 amide bonds. The van der Waals surface area contributed by atoms with Gasteiger partial charge in [-0.25, -0.2) is 4.39 Å². The average molecular weight is 180 g/mol. The van der Waals surface area contributed by atoms with Gasteiger partial charge in [-0.15, -0.1) is 0 Å². The van der Waals surface area contributed by atoms with Crippen molar-refractivity contribution in [1.29, 1.82) is 0 Å². The van der Waals surface area contributed by atoms with Crippen molar-refractivity contribution >= 4 is 0 Å². The summed E-state index contributed by atoms with van der Waals surface area (Å²) >= 11 is 0. The molecule has 1 aromatic rings. The molecule has 1 atom stereocenters. The Balaban J connectivity index is 3.04. The van der Waals surface area contributed by atoms with Gasteiger partial charge in [0, 0.05) is 6.20 Å². The SMILES string of the molecule is C=C(C)C(NC)c1ncccc1F. The molecule has 0 aliphatic heterocycles. The molecule has 70 valence electrons. The maximum Gasteiger partial charge on any atom is 0.146 e. The van der Waals surface area contributed by atoms with Crippen LogP contribution in [0.5, 0.6) is 0 Å². The first-order valence-corrected chi connectivity index (χ1v) is 4.10. The van der Waals surface area contributed by atoms with Crippen molar-refractivity contribution in [2.75, 3.05) is 7.05 Å². The van der Waals surface area contributed by atoms with E-state index >= 15 is 0 Å². The highest BCUT2D eigenvalue weighted by Gasteiger charge is 2.14. The van der Waals surface area contributed by atoms with E-state index < -0.39 is 0 Å². The van der Waals surface area contributed by atoms with Crippen LogP contribution in [0.3, 0.4) is 0 Å². The lowest BCUT2D eigenvalue weighted by Crippen LogP contribution is -2.19. The highest BCUT2D eigenvalue weighted by Crippen LogP contribution is 2.19. The number of aromatic nitrogens is 1. The summed E-state index contributed by atoms with van der Waals surface area (Å²) in [6.45, 7) is 5.62. The quantitative estimate of drug-likeness (QED) is 0.720. The minimum absolute atomic E-state index is 0.207. The molecule has 1 unspecified atom stereocenters. The van der Waals surface area contributed by atoms with E-state index in [9.17, 15) is 4.39 Å². The maximum atomic E-state index is 13.2. The normalized spacial score (nSPS) is 12.5. The highest BCUT2D eigenvalue weighted by molar-refractivity contribution is 5.20. The van der Waals surface area contributed by atoms with E-state index in [0.717, 1.165) is 5.57 Å². The van der Waals surface area contributed by atoms with Crippen LogP contribution in [-0.4, -0.2) is 12.0 Å². The second-order valence-corrected chi connectivity index (χ2v) is 2.94. The average Bonchev–Trinajstić information content (AvgIpc) is 2.09. The fourth-order valence-corrected chi connectivity index (χ4v) is 1.23. The molecule has 0 aliphatic rings. The van der Waals surface area contributed by atoms with Crippen molar-refractivity contribution in [1.82, 2.24) is 10.3 Å². The van der Waals surface area contributed by atoms with Gasteiger partial charge in [-0.3, -0.25) is 4.98 Å². The van der Waals surface area contributed by atoms with Crippen molar-refractivity contribution in [2.45, 2.75) is 13.0 Å². The summed E-state index contributed by atoms with van der Waals surface area (Å²) in [7, 11) is 1.76. The van der Waals surface area contributed by atoms with Crippen molar-refractivity contribution < 1.29 is 4.39 Å². The Morgan fingerprint density at radius 3 is 2.85 bits per heavy atom. The lowest BCUT2D eigenvalue weighted by Gasteiger charge is -2.15. The van der Waals surface area contributed by atoms with Gasteiger partial charge in [0.2, 0.25) is 0 Å². The van der Waals surface area contributed by atoms with E-state index in [2.05, 4.69) is 16.9 Å². The largest absolute Gasteiger partial charge is 0.308 e. The van der Waals surface area contributed by atoms with E-state index in [1.807, 2.05) is 6.92 Å². The molecular formula is C10H13FN2. The Kier molecular flexibility index (Phi) is 3.14. The van der Waals surface area contributed by atoms with Gasteiger partial charge in [-0.2, -0.15) is 0 Å². The predicted octanol–water partition coefficient (Wildman–Crippen LogP) is 2.06. The van der Waals surface area contributed by atoms with Crippen LogP contribution in [0.1, 0.15) is 18.7 Å². The van der Waals surface area contributed by atoms with Gasteiger partial charge in [-0.1, -0.05) is 12.2 Å². The molecule has 1 N–H and O–H groups in total. The molecule has 0 saturated heterocycles. The topological polar surface area (TPSA) is 24.9 Å². The fraction of sp³-hybridized carbons (Fsp3) is 0.300. The van der Waals surface area contributed by atoms with Crippen LogP contribution in [0.4, 0.5) is 4.39 Å². The van der Waals surface area contributed by atoms with Crippen LogP contribution in [0, 0.1) is 5.82 Å². The monoisotopic (exact) mass is 180 g/mol. The Morgan fingerprint density at radius 1 is 1.69 bits per heavy atom. The van der Waals surface area contributed by atoms with Crippen molar-refractivity contribution in [3.05, 3.63) is 42.0 Å². The maximum absolute atomic E-state index is 13.2. The molecule has 0 aromatic carbocycles. The summed E-state index contributed by atoms with van der Waals surface area (Å²) < 4.78 is 13.2. The zero-order chi connectivity index (χ0) is 9.84. The molecule has 0 fully saturated rings. The van der Waals surface area contributed by atoms with Crippen molar-refractivity contribution in [2.24, 2.45) is 0 Å². The van der Waals surface area contributed by atoms with Gasteiger partial charge in [0.1, 0.15) is 5.82 Å². The molecule has 1 aromatic heterocycles. The predicted molar refractivity (Wildman–Crippen MR) is 50.8 cm³/mol. The standard InChI is InChI=1S/C10H13FN2/c1-7(2)9(12-3)10-8(11)5-4-6-13-10/h4-6,9,12H,1H2,2-3H3. The molecule has 0 radical (unpaired) electrons. The molecular weight excluding hydrogens is 167 g/mol. The third kappa shape index (κ3) is 2.12. The number of hydrogen-bond donors (Lipinski definition) is 1. The molecule has 0 spiro atoms. The Labute approximate surface area is 77.5 Å². The number of rotatable bonds is 3. The third-order valence-corrected chi connectivity index (χ3v) is 1.84. The zero-order valence-electron chi connectivity index (χ0n) is 7.84. The van der Waals surface area contributed by atoms with Crippen molar-refractivity contribution in [3.63, 3.8) is 0 Å². The highest BCUT2D eigenvalue weighted by atomic mass is 19.1. The lowest BCUT2D eigenvalue weighted by atomic mass is 10.1. The summed E-state index contributed by atoms with van der Waals surface area (Å²) in [5.41, 5.74) is 1.25. The molecule has 0 bridgehead atoms. The van der Waals surface area contributed by atoms with Crippen LogP contribution >= 0.6 is 0 Å². The molecule has 0 aliphatic carbocycles. The van der Waals surface area contributed by atoms with Gasteiger partial charge in [0.15, 0.2) is 0 Å². The zero-order valence-corrected chi connectivity index (χ0v) is 7.84. The van der Waals surface area contributed by atoms with Crippen LogP contribution in [0.2, 0.25) is 0 Å². The number of nitrogens with one attached hydrogen (secondary N) is 1. The van der Waals surface area contributed by atoms with Gasteiger partial charge in [0.25, 0.3) is 0 Å². The summed E-state index contributed by atoms with van der Waals surface area (Å²) in [6.07, 6.45) is 1.58.